The molecule has 3 heterocycles. The number of likely N-dealkylation sites (tertiary alicyclic amines) is 1. The lowest BCUT2D eigenvalue weighted by atomic mass is 9.86. The number of benzene rings is 2. The van der Waals surface area contributed by atoms with Crippen molar-refractivity contribution in [3.8, 4) is 11.3 Å². The van der Waals surface area contributed by atoms with Gasteiger partial charge in [0.25, 0.3) is 0 Å². The van der Waals surface area contributed by atoms with Gasteiger partial charge in [-0.1, -0.05) is 36.4 Å². The Labute approximate surface area is 192 Å². The van der Waals surface area contributed by atoms with Gasteiger partial charge in [0, 0.05) is 24.2 Å². The van der Waals surface area contributed by atoms with Crippen LogP contribution in [0, 0.1) is 5.92 Å². The first-order chi connectivity index (χ1) is 16.0. The van der Waals surface area contributed by atoms with Gasteiger partial charge in [0.2, 0.25) is 11.8 Å². The van der Waals surface area contributed by atoms with Gasteiger partial charge in [-0.05, 0) is 48.4 Å². The topological polar surface area (TPSA) is 101 Å². The zero-order valence-electron chi connectivity index (χ0n) is 18.4. The molecule has 170 valence electrons. The Bertz CT molecular complexity index is 1160. The van der Waals surface area contributed by atoms with Crippen LogP contribution in [-0.4, -0.2) is 50.6 Å². The van der Waals surface area contributed by atoms with Crippen LogP contribution in [0.5, 0.6) is 0 Å². The summed E-state index contributed by atoms with van der Waals surface area (Å²) in [5.41, 5.74) is 10.1. The molecule has 0 aliphatic carbocycles. The van der Waals surface area contributed by atoms with Crippen molar-refractivity contribution in [2.45, 2.75) is 37.8 Å². The molecule has 1 aromatic heterocycles. The van der Waals surface area contributed by atoms with E-state index in [9.17, 15) is 14.7 Å². The Hall–Kier alpha value is -3.45. The molecule has 0 bridgehead atoms. The van der Waals surface area contributed by atoms with E-state index in [2.05, 4.69) is 21.7 Å². The number of amides is 2. The molecule has 7 heteroatoms. The van der Waals surface area contributed by atoms with Crippen molar-refractivity contribution in [1.82, 2.24) is 14.5 Å². The van der Waals surface area contributed by atoms with E-state index in [4.69, 9.17) is 5.73 Å². The highest BCUT2D eigenvalue weighted by atomic mass is 16.3. The van der Waals surface area contributed by atoms with Gasteiger partial charge in [0.05, 0.1) is 36.8 Å². The predicted molar refractivity (Wildman–Crippen MR) is 124 cm³/mol. The fourth-order valence-electron chi connectivity index (χ4n) is 5.20. The zero-order valence-corrected chi connectivity index (χ0v) is 18.4. The number of hydrogen-bond donors (Lipinski definition) is 2. The molecule has 1 saturated heterocycles. The molecule has 2 atom stereocenters. The van der Waals surface area contributed by atoms with Gasteiger partial charge in [0.15, 0.2) is 0 Å². The Morgan fingerprint density at radius 1 is 1.09 bits per heavy atom. The number of piperidine rings is 1. The Morgan fingerprint density at radius 2 is 1.82 bits per heavy atom. The summed E-state index contributed by atoms with van der Waals surface area (Å²) in [6.07, 6.45) is 5.83. The third kappa shape index (κ3) is 4.16. The molecular formula is C26H28N4O3. The maximum atomic E-state index is 12.7. The molecule has 0 saturated carbocycles. The molecule has 0 radical (unpaired) electrons. The summed E-state index contributed by atoms with van der Waals surface area (Å²) < 4.78 is 2.16. The molecule has 1 fully saturated rings. The number of aromatic nitrogens is 2. The van der Waals surface area contributed by atoms with E-state index >= 15 is 0 Å². The molecule has 5 rings (SSSR count). The van der Waals surface area contributed by atoms with Gasteiger partial charge in [-0.3, -0.25) is 9.59 Å². The van der Waals surface area contributed by atoms with Crippen LogP contribution < -0.4 is 5.73 Å². The minimum atomic E-state index is -0.473. The van der Waals surface area contributed by atoms with Gasteiger partial charge in [0.1, 0.15) is 0 Å². The minimum Gasteiger partial charge on any atom is -0.393 e. The van der Waals surface area contributed by atoms with Gasteiger partial charge >= 0.3 is 0 Å². The highest BCUT2D eigenvalue weighted by Crippen LogP contribution is 2.42. The maximum Gasteiger partial charge on any atom is 0.248 e. The smallest absolute Gasteiger partial charge is 0.248 e. The molecule has 2 aliphatic rings. The second kappa shape index (κ2) is 8.83. The summed E-state index contributed by atoms with van der Waals surface area (Å²) in [7, 11) is 0. The summed E-state index contributed by atoms with van der Waals surface area (Å²) in [4.78, 5) is 30.1. The van der Waals surface area contributed by atoms with Crippen molar-refractivity contribution in [2.24, 2.45) is 11.7 Å². The lowest BCUT2D eigenvalue weighted by Gasteiger charge is -2.35. The lowest BCUT2D eigenvalue weighted by molar-refractivity contribution is -0.132. The highest BCUT2D eigenvalue weighted by molar-refractivity contribution is 5.92. The summed E-state index contributed by atoms with van der Waals surface area (Å²) in [5.74, 6) is -0.231. The van der Waals surface area contributed by atoms with Crippen molar-refractivity contribution in [2.75, 3.05) is 13.1 Å². The van der Waals surface area contributed by atoms with Crippen LogP contribution in [0.25, 0.3) is 11.3 Å². The van der Waals surface area contributed by atoms with E-state index in [1.807, 2.05) is 29.6 Å². The molecule has 3 N–H and O–H groups in total. The van der Waals surface area contributed by atoms with E-state index in [-0.39, 0.29) is 17.9 Å². The molecule has 2 aliphatic heterocycles. The average Bonchev–Trinajstić information content (AvgIpc) is 3.42. The molecule has 3 aromatic rings. The normalized spacial score (nSPS) is 18.6. The number of primary amides is 1. The minimum absolute atomic E-state index is 0.0718. The number of rotatable bonds is 6. The zero-order chi connectivity index (χ0) is 22.9. The molecule has 2 unspecified atom stereocenters. The molecule has 2 amide bonds. The fourth-order valence-corrected chi connectivity index (χ4v) is 5.20. The number of aliphatic hydroxyl groups excluding tert-OH is 1. The van der Waals surface area contributed by atoms with Crippen molar-refractivity contribution in [3.63, 3.8) is 0 Å². The van der Waals surface area contributed by atoms with E-state index in [0.717, 1.165) is 24.1 Å². The first-order valence-electron chi connectivity index (χ1n) is 11.5. The SMILES string of the molecule is NC(=O)c1ccc(CC(=O)N2CCC(C(O)CC3c4ccccc4-c4cncn43)CC2)cc1. The Morgan fingerprint density at radius 3 is 2.55 bits per heavy atom. The van der Waals surface area contributed by atoms with E-state index in [0.29, 0.717) is 31.5 Å². The predicted octanol–water partition coefficient (Wildman–Crippen LogP) is 2.78. The third-order valence-corrected chi connectivity index (χ3v) is 7.09. The first-order valence-corrected chi connectivity index (χ1v) is 11.5. The standard InChI is InChI=1S/C26H28N4O3/c27-26(33)19-7-5-17(6-8-19)13-25(32)29-11-9-18(10-12-29)24(31)14-22-20-3-1-2-4-21(20)23-15-28-16-30(22)23/h1-8,15-16,18,22,24,31H,9-14H2,(H2,27,33). The van der Waals surface area contributed by atoms with Crippen LogP contribution in [0.3, 0.4) is 0 Å². The van der Waals surface area contributed by atoms with Crippen LogP contribution in [-0.2, 0) is 11.2 Å². The molecular weight excluding hydrogens is 416 g/mol. The first kappa shape index (κ1) is 21.4. The number of fused-ring (bicyclic) bond motifs is 3. The van der Waals surface area contributed by atoms with Gasteiger partial charge in [-0.25, -0.2) is 4.98 Å². The molecule has 7 nitrogen and oxygen atoms in total. The fraction of sp³-hybridized carbons (Fsp3) is 0.346. The number of nitrogens with zero attached hydrogens (tertiary/aromatic N) is 3. The highest BCUT2D eigenvalue weighted by Gasteiger charge is 2.33. The van der Waals surface area contributed by atoms with Crippen LogP contribution in [0.15, 0.2) is 61.1 Å². The van der Waals surface area contributed by atoms with E-state index in [1.165, 1.54) is 11.1 Å². The summed E-state index contributed by atoms with van der Waals surface area (Å²) in [5, 5.41) is 11.1. The van der Waals surface area contributed by atoms with Crippen molar-refractivity contribution < 1.29 is 14.7 Å². The Kier molecular flexibility index (Phi) is 5.72. The van der Waals surface area contributed by atoms with Crippen LogP contribution in [0.1, 0.15) is 46.8 Å². The molecule has 33 heavy (non-hydrogen) atoms. The number of hydrogen-bond acceptors (Lipinski definition) is 4. The van der Waals surface area contributed by atoms with Crippen LogP contribution >= 0.6 is 0 Å². The molecule has 2 aromatic carbocycles. The average molecular weight is 445 g/mol. The monoisotopic (exact) mass is 444 g/mol. The second-order valence-electron chi connectivity index (χ2n) is 9.05. The second-order valence-corrected chi connectivity index (χ2v) is 9.05. The maximum absolute atomic E-state index is 12.7. The van der Waals surface area contributed by atoms with Gasteiger partial charge in [-0.15, -0.1) is 0 Å². The summed E-state index contributed by atoms with van der Waals surface area (Å²) in [6, 6.07) is 15.3. The quantitative estimate of drug-likeness (QED) is 0.610. The Balaban J connectivity index is 1.17. The van der Waals surface area contributed by atoms with E-state index < -0.39 is 12.0 Å². The number of carbonyl (C=O) groups is 2. The number of aliphatic hydroxyl groups is 1. The van der Waals surface area contributed by atoms with Crippen molar-refractivity contribution in [3.05, 3.63) is 77.7 Å². The lowest BCUT2D eigenvalue weighted by Crippen LogP contribution is -2.42. The molecule has 0 spiro atoms. The van der Waals surface area contributed by atoms with Gasteiger partial charge in [-0.2, -0.15) is 0 Å². The van der Waals surface area contributed by atoms with E-state index in [1.54, 1.807) is 24.3 Å². The van der Waals surface area contributed by atoms with Crippen molar-refractivity contribution in [1.29, 1.82) is 0 Å². The number of carbonyl (C=O) groups excluding carboxylic acids is 2. The summed E-state index contributed by atoms with van der Waals surface area (Å²) in [6.45, 7) is 1.30. The largest absolute Gasteiger partial charge is 0.393 e. The van der Waals surface area contributed by atoms with Crippen molar-refractivity contribution >= 4 is 11.8 Å². The number of nitrogens with two attached hydrogens (primary N) is 1. The van der Waals surface area contributed by atoms with Gasteiger partial charge < -0.3 is 20.3 Å². The summed E-state index contributed by atoms with van der Waals surface area (Å²) >= 11 is 0. The third-order valence-electron chi connectivity index (χ3n) is 7.09. The van der Waals surface area contributed by atoms with Crippen LogP contribution in [0.2, 0.25) is 0 Å². The number of imidazole rings is 1. The van der Waals surface area contributed by atoms with Crippen LogP contribution in [0.4, 0.5) is 0 Å².